The molecule has 166 valence electrons. The van der Waals surface area contributed by atoms with Crippen molar-refractivity contribution in [3.05, 3.63) is 100 Å². The third-order valence-electron chi connectivity index (χ3n) is 5.16. The fourth-order valence-corrected chi connectivity index (χ4v) is 3.82. The van der Waals surface area contributed by atoms with E-state index in [1.54, 1.807) is 6.07 Å². The van der Waals surface area contributed by atoms with E-state index in [0.717, 1.165) is 10.0 Å². The summed E-state index contributed by atoms with van der Waals surface area (Å²) in [6.07, 6.45) is 0. The predicted molar refractivity (Wildman–Crippen MR) is 133 cm³/mol. The molecular weight excluding hydrogens is 466 g/mol. The Morgan fingerprint density at radius 1 is 0.969 bits per heavy atom. The van der Waals surface area contributed by atoms with Crippen molar-refractivity contribution in [2.75, 3.05) is 18.4 Å². The Bertz CT molecular complexity index is 1080. The van der Waals surface area contributed by atoms with E-state index in [2.05, 4.69) is 21.2 Å². The fourth-order valence-electron chi connectivity index (χ4n) is 3.36. The molecule has 3 N–H and O–H groups in total. The van der Waals surface area contributed by atoms with Crippen LogP contribution in [0.25, 0.3) is 0 Å². The lowest BCUT2D eigenvalue weighted by Crippen LogP contribution is -2.41. The molecule has 0 aliphatic rings. The summed E-state index contributed by atoms with van der Waals surface area (Å²) in [5, 5.41) is 2.94. The Balaban J connectivity index is 1.81. The van der Waals surface area contributed by atoms with Crippen LogP contribution >= 0.6 is 15.9 Å². The second kappa shape index (κ2) is 10.6. The van der Waals surface area contributed by atoms with E-state index in [4.69, 9.17) is 5.73 Å². The van der Waals surface area contributed by atoms with Gasteiger partial charge in [-0.1, -0.05) is 56.3 Å². The number of carbonyl (C=O) groups excluding carboxylic acids is 2. The van der Waals surface area contributed by atoms with Gasteiger partial charge in [-0.25, -0.2) is 0 Å². The van der Waals surface area contributed by atoms with Gasteiger partial charge in [-0.2, -0.15) is 0 Å². The fraction of sp³-hybridized carbons (Fsp3) is 0.231. The van der Waals surface area contributed by atoms with E-state index >= 15 is 0 Å². The van der Waals surface area contributed by atoms with Crippen LogP contribution in [0.4, 0.5) is 5.69 Å². The molecule has 0 aromatic heterocycles. The number of hydrogen-bond donors (Lipinski definition) is 2. The van der Waals surface area contributed by atoms with E-state index in [1.165, 1.54) is 0 Å². The normalized spacial score (nSPS) is 11.1. The molecule has 0 radical (unpaired) electrons. The average molecular weight is 494 g/mol. The summed E-state index contributed by atoms with van der Waals surface area (Å²) in [5.74, 6) is -0.245. The highest BCUT2D eigenvalue weighted by Crippen LogP contribution is 2.22. The number of benzene rings is 3. The molecule has 3 rings (SSSR count). The van der Waals surface area contributed by atoms with Crippen molar-refractivity contribution in [3.8, 4) is 0 Å². The van der Waals surface area contributed by atoms with Crippen molar-refractivity contribution >= 4 is 33.4 Å². The van der Waals surface area contributed by atoms with E-state index < -0.39 is 0 Å². The number of nitrogens with two attached hydrogens (primary N) is 1. The van der Waals surface area contributed by atoms with Gasteiger partial charge in [0.2, 0.25) is 0 Å². The molecule has 0 bridgehead atoms. The first-order valence-corrected chi connectivity index (χ1v) is 11.3. The number of amides is 2. The number of halogens is 1. The van der Waals surface area contributed by atoms with Crippen LogP contribution in [0.2, 0.25) is 0 Å². The predicted octanol–water partition coefficient (Wildman–Crippen LogP) is 5.33. The molecule has 32 heavy (non-hydrogen) atoms. The van der Waals surface area contributed by atoms with Crippen LogP contribution in [0.15, 0.2) is 83.3 Å². The van der Waals surface area contributed by atoms with Gasteiger partial charge in [-0.05, 0) is 69.9 Å². The molecule has 0 unspecified atom stereocenters. The Labute approximate surface area is 197 Å². The van der Waals surface area contributed by atoms with Gasteiger partial charge in [-0.3, -0.25) is 9.59 Å². The lowest BCUT2D eigenvalue weighted by atomic mass is 9.92. The van der Waals surface area contributed by atoms with Gasteiger partial charge in [0.1, 0.15) is 0 Å². The molecule has 3 aromatic rings. The molecule has 0 spiro atoms. The van der Waals surface area contributed by atoms with Crippen LogP contribution in [0, 0.1) is 5.41 Å². The minimum absolute atomic E-state index is 0.0465. The van der Waals surface area contributed by atoms with Crippen molar-refractivity contribution < 1.29 is 9.59 Å². The smallest absolute Gasteiger partial charge is 0.256 e. The van der Waals surface area contributed by atoms with Crippen LogP contribution in [-0.4, -0.2) is 29.8 Å². The zero-order chi connectivity index (χ0) is 23.1. The topological polar surface area (TPSA) is 75.4 Å². The van der Waals surface area contributed by atoms with Crippen molar-refractivity contribution in [2.24, 2.45) is 11.1 Å². The Morgan fingerprint density at radius 3 is 2.34 bits per heavy atom. The largest absolute Gasteiger partial charge is 0.334 e. The minimum Gasteiger partial charge on any atom is -0.334 e. The number of anilines is 1. The maximum absolute atomic E-state index is 13.2. The molecule has 3 aromatic carbocycles. The summed E-state index contributed by atoms with van der Waals surface area (Å²) in [4.78, 5) is 27.7. The van der Waals surface area contributed by atoms with E-state index in [1.807, 2.05) is 91.5 Å². The third kappa shape index (κ3) is 6.28. The molecule has 0 aliphatic carbocycles. The Kier molecular flexibility index (Phi) is 7.83. The lowest BCUT2D eigenvalue weighted by Gasteiger charge is -2.32. The van der Waals surface area contributed by atoms with Crippen molar-refractivity contribution in [3.63, 3.8) is 0 Å². The average Bonchev–Trinajstić information content (AvgIpc) is 2.79. The highest BCUT2D eigenvalue weighted by atomic mass is 79.9. The molecule has 0 heterocycles. The maximum Gasteiger partial charge on any atom is 0.256 e. The molecule has 0 atom stereocenters. The third-order valence-corrected chi connectivity index (χ3v) is 5.85. The van der Waals surface area contributed by atoms with E-state index in [-0.39, 0.29) is 17.2 Å². The SMILES string of the molecule is CC(C)(CN)CN(Cc1cccc(NC(=O)c2ccccc2Br)c1)C(=O)c1ccccc1. The summed E-state index contributed by atoms with van der Waals surface area (Å²) >= 11 is 3.42. The molecule has 0 aliphatic heterocycles. The van der Waals surface area contributed by atoms with Crippen molar-refractivity contribution in [2.45, 2.75) is 20.4 Å². The molecule has 2 amide bonds. The first kappa shape index (κ1) is 23.7. The van der Waals surface area contributed by atoms with Gasteiger partial charge >= 0.3 is 0 Å². The van der Waals surface area contributed by atoms with Gasteiger partial charge in [0.05, 0.1) is 5.56 Å². The van der Waals surface area contributed by atoms with Gasteiger partial charge in [-0.15, -0.1) is 0 Å². The first-order chi connectivity index (χ1) is 15.3. The zero-order valence-electron chi connectivity index (χ0n) is 18.3. The first-order valence-electron chi connectivity index (χ1n) is 10.5. The number of rotatable bonds is 8. The van der Waals surface area contributed by atoms with Crippen molar-refractivity contribution in [1.82, 2.24) is 4.90 Å². The summed E-state index contributed by atoms with van der Waals surface area (Å²) in [6.45, 7) is 5.49. The van der Waals surface area contributed by atoms with Gasteiger partial charge in [0, 0.05) is 28.8 Å². The minimum atomic E-state index is -0.226. The summed E-state index contributed by atoms with van der Waals surface area (Å²) in [6, 6.07) is 24.1. The summed E-state index contributed by atoms with van der Waals surface area (Å²) < 4.78 is 0.734. The maximum atomic E-state index is 13.2. The van der Waals surface area contributed by atoms with E-state index in [0.29, 0.717) is 36.4 Å². The second-order valence-electron chi connectivity index (χ2n) is 8.53. The Morgan fingerprint density at radius 2 is 1.66 bits per heavy atom. The van der Waals surface area contributed by atoms with E-state index in [9.17, 15) is 9.59 Å². The molecule has 5 nitrogen and oxygen atoms in total. The standard InChI is InChI=1S/C26H28BrN3O2/c1-26(2,17-28)18-30(25(32)20-10-4-3-5-11-20)16-19-9-8-12-21(15-19)29-24(31)22-13-6-7-14-23(22)27/h3-15H,16-18,28H2,1-2H3,(H,29,31). The quantitative estimate of drug-likeness (QED) is 0.445. The zero-order valence-corrected chi connectivity index (χ0v) is 19.9. The lowest BCUT2D eigenvalue weighted by molar-refractivity contribution is 0.0673. The number of hydrogen-bond acceptors (Lipinski definition) is 3. The molecule has 0 fully saturated rings. The number of carbonyl (C=O) groups is 2. The van der Waals surface area contributed by atoms with Crippen LogP contribution in [0.3, 0.4) is 0 Å². The highest BCUT2D eigenvalue weighted by Gasteiger charge is 2.25. The van der Waals surface area contributed by atoms with Crippen molar-refractivity contribution in [1.29, 1.82) is 0 Å². The highest BCUT2D eigenvalue weighted by molar-refractivity contribution is 9.10. The number of nitrogens with zero attached hydrogens (tertiary/aromatic N) is 1. The molecule has 6 heteroatoms. The van der Waals surface area contributed by atoms with Gasteiger partial charge < -0.3 is 16.0 Å². The molecular formula is C26H28BrN3O2. The summed E-state index contributed by atoms with van der Waals surface area (Å²) in [5.41, 5.74) is 8.51. The molecule has 0 saturated carbocycles. The molecule has 0 saturated heterocycles. The second-order valence-corrected chi connectivity index (χ2v) is 9.38. The van der Waals surface area contributed by atoms with Crippen LogP contribution in [-0.2, 0) is 6.54 Å². The van der Waals surface area contributed by atoms with Gasteiger partial charge in [0.25, 0.3) is 11.8 Å². The monoisotopic (exact) mass is 493 g/mol. The number of nitrogens with one attached hydrogen (secondary N) is 1. The Hall–Kier alpha value is -2.96. The van der Waals surface area contributed by atoms with Crippen LogP contribution < -0.4 is 11.1 Å². The van der Waals surface area contributed by atoms with Gasteiger partial charge in [0.15, 0.2) is 0 Å². The van der Waals surface area contributed by atoms with Crippen LogP contribution in [0.1, 0.15) is 40.1 Å². The summed E-state index contributed by atoms with van der Waals surface area (Å²) in [7, 11) is 0. The van der Waals surface area contributed by atoms with Crippen LogP contribution in [0.5, 0.6) is 0 Å².